The number of methoxy groups -OCH3 is 4. The molecule has 7 nitrogen and oxygen atoms in total. The Balaban J connectivity index is 1.86. The highest BCUT2D eigenvalue weighted by molar-refractivity contribution is 6.02. The molecule has 0 fully saturated rings. The van der Waals surface area contributed by atoms with Gasteiger partial charge in [0.25, 0.3) is 5.91 Å². The van der Waals surface area contributed by atoms with Crippen molar-refractivity contribution in [3.8, 4) is 34.1 Å². The fourth-order valence-electron chi connectivity index (χ4n) is 4.95. The summed E-state index contributed by atoms with van der Waals surface area (Å²) in [5.74, 6) is 1.89. The Kier molecular flexibility index (Phi) is 8.71. The number of hydrogen-bond acceptors (Lipinski definition) is 6. The van der Waals surface area contributed by atoms with Crippen LogP contribution in [0.25, 0.3) is 11.1 Å². The number of nitrogens with one attached hydrogen (secondary N) is 1. The summed E-state index contributed by atoms with van der Waals surface area (Å²) in [6.07, 6.45) is 3.91. The molecule has 0 bridgehead atoms. The minimum atomic E-state index is -0.162. The van der Waals surface area contributed by atoms with Gasteiger partial charge in [0.05, 0.1) is 34.5 Å². The summed E-state index contributed by atoms with van der Waals surface area (Å²) >= 11 is 0. The molecule has 1 heterocycles. The molecular weight excluding hydrogens is 492 g/mol. The van der Waals surface area contributed by atoms with Gasteiger partial charge in [-0.3, -0.25) is 9.78 Å². The van der Waals surface area contributed by atoms with Crippen LogP contribution in [0, 0.1) is 6.92 Å². The lowest BCUT2D eigenvalue weighted by Crippen LogP contribution is -2.27. The van der Waals surface area contributed by atoms with Gasteiger partial charge in [0.1, 0.15) is 0 Å². The molecule has 0 saturated carbocycles. The second-order valence-corrected chi connectivity index (χ2v) is 9.09. The van der Waals surface area contributed by atoms with Crippen LogP contribution in [0.2, 0.25) is 0 Å². The first-order valence-electron chi connectivity index (χ1n) is 12.7. The summed E-state index contributed by atoms with van der Waals surface area (Å²) in [6, 6.07) is 19.3. The number of nitrogens with zero attached hydrogens (tertiary/aromatic N) is 1. The second-order valence-electron chi connectivity index (χ2n) is 9.09. The molecule has 1 aromatic heterocycles. The monoisotopic (exact) mass is 526 g/mol. The Morgan fingerprint density at radius 2 is 1.41 bits per heavy atom. The quantitative estimate of drug-likeness (QED) is 0.266. The fraction of sp³-hybridized carbons (Fsp3) is 0.250. The van der Waals surface area contributed by atoms with Crippen LogP contribution in [0.3, 0.4) is 0 Å². The van der Waals surface area contributed by atoms with Gasteiger partial charge in [-0.15, -0.1) is 0 Å². The Hall–Kier alpha value is -4.52. The molecule has 1 atom stereocenters. The van der Waals surface area contributed by atoms with Crippen LogP contribution in [-0.4, -0.2) is 39.3 Å². The van der Waals surface area contributed by atoms with Crippen molar-refractivity contribution < 1.29 is 23.7 Å². The molecule has 4 aromatic rings. The highest BCUT2D eigenvalue weighted by Crippen LogP contribution is 2.50. The van der Waals surface area contributed by atoms with E-state index < -0.39 is 0 Å². The number of benzene rings is 3. The average Bonchev–Trinajstić information content (AvgIpc) is 2.98. The molecule has 39 heavy (non-hydrogen) atoms. The van der Waals surface area contributed by atoms with Crippen molar-refractivity contribution in [2.24, 2.45) is 0 Å². The number of ether oxygens (including phenoxy) is 4. The van der Waals surface area contributed by atoms with Crippen LogP contribution >= 0.6 is 0 Å². The average molecular weight is 527 g/mol. The predicted molar refractivity (Wildman–Crippen MR) is 152 cm³/mol. The summed E-state index contributed by atoms with van der Waals surface area (Å²) < 4.78 is 22.9. The lowest BCUT2D eigenvalue weighted by atomic mass is 9.89. The first-order valence-corrected chi connectivity index (χ1v) is 12.7. The van der Waals surface area contributed by atoms with Gasteiger partial charge >= 0.3 is 0 Å². The van der Waals surface area contributed by atoms with Crippen molar-refractivity contribution in [2.45, 2.75) is 26.3 Å². The molecule has 1 amide bonds. The van der Waals surface area contributed by atoms with Crippen molar-refractivity contribution in [1.29, 1.82) is 0 Å². The summed E-state index contributed by atoms with van der Waals surface area (Å²) in [5, 5.41) is 3.16. The zero-order valence-corrected chi connectivity index (χ0v) is 23.2. The van der Waals surface area contributed by atoms with Gasteiger partial charge in [-0.25, -0.2) is 0 Å². The van der Waals surface area contributed by atoms with Crippen molar-refractivity contribution >= 4 is 5.91 Å². The number of carbonyl (C=O) groups is 1. The molecular formula is C32H34N2O5. The van der Waals surface area contributed by atoms with Crippen LogP contribution < -0.4 is 24.3 Å². The first-order chi connectivity index (χ1) is 18.9. The van der Waals surface area contributed by atoms with Crippen molar-refractivity contribution in [3.63, 3.8) is 0 Å². The highest BCUT2D eigenvalue weighted by atomic mass is 16.5. The lowest BCUT2D eigenvalue weighted by Gasteiger charge is -2.23. The summed E-state index contributed by atoms with van der Waals surface area (Å²) in [5.41, 5.74) is 6.00. The van der Waals surface area contributed by atoms with E-state index in [0.717, 1.165) is 33.4 Å². The minimum absolute atomic E-state index is 0.159. The maximum atomic E-state index is 13.7. The van der Waals surface area contributed by atoms with Crippen LogP contribution in [0.15, 0.2) is 73.1 Å². The van der Waals surface area contributed by atoms with Gasteiger partial charge in [-0.1, -0.05) is 42.5 Å². The topological polar surface area (TPSA) is 78.9 Å². The van der Waals surface area contributed by atoms with E-state index in [0.29, 0.717) is 35.0 Å². The second kappa shape index (κ2) is 12.3. The predicted octanol–water partition coefficient (Wildman–Crippen LogP) is 6.17. The Labute approximate surface area is 229 Å². The Bertz CT molecular complexity index is 1440. The molecule has 0 saturated heterocycles. The molecule has 0 spiro atoms. The largest absolute Gasteiger partial charge is 0.492 e. The SMILES string of the molecule is COc1c(C)c(Cc2cccc(C(=O)NC(C)c3ccccc3)c2-c2ccncc2)c(OC)c(OC)c1OC. The van der Waals surface area contributed by atoms with Gasteiger partial charge < -0.3 is 24.3 Å². The third-order valence-corrected chi connectivity index (χ3v) is 6.88. The Morgan fingerprint density at radius 1 is 0.795 bits per heavy atom. The maximum absolute atomic E-state index is 13.7. The normalized spacial score (nSPS) is 11.4. The molecule has 0 aliphatic carbocycles. The molecule has 4 rings (SSSR count). The van der Waals surface area contributed by atoms with Crippen LogP contribution in [0.4, 0.5) is 0 Å². The van der Waals surface area contributed by atoms with Crippen molar-refractivity contribution in [2.75, 3.05) is 28.4 Å². The molecule has 0 aliphatic rings. The summed E-state index contributed by atoms with van der Waals surface area (Å²) in [6.45, 7) is 3.94. The lowest BCUT2D eigenvalue weighted by molar-refractivity contribution is 0.0940. The number of pyridine rings is 1. The van der Waals surface area contributed by atoms with Crippen molar-refractivity contribution in [3.05, 3.63) is 101 Å². The standard InChI is InChI=1S/C32H34N2O5/c1-20-26(29(37-4)31(39-6)30(38-5)28(20)36-3)19-24-13-10-14-25(27(24)23-15-17-33-18-16-23)32(35)34-21(2)22-11-8-7-9-12-22/h7-18,21H,19H2,1-6H3,(H,34,35). The molecule has 0 radical (unpaired) electrons. The zero-order chi connectivity index (χ0) is 27.9. The van der Waals surface area contributed by atoms with Crippen LogP contribution in [-0.2, 0) is 6.42 Å². The maximum Gasteiger partial charge on any atom is 0.252 e. The number of rotatable bonds is 10. The molecule has 7 heteroatoms. The fourth-order valence-corrected chi connectivity index (χ4v) is 4.95. The van der Waals surface area contributed by atoms with E-state index in [1.54, 1.807) is 40.8 Å². The van der Waals surface area contributed by atoms with Crippen LogP contribution in [0.5, 0.6) is 23.0 Å². The molecule has 1 N–H and O–H groups in total. The van der Waals surface area contributed by atoms with Gasteiger partial charge in [-0.2, -0.15) is 0 Å². The zero-order valence-electron chi connectivity index (χ0n) is 23.2. The van der Waals surface area contributed by atoms with E-state index in [2.05, 4.69) is 10.3 Å². The number of aromatic nitrogens is 1. The number of hydrogen-bond donors (Lipinski definition) is 1. The van der Waals surface area contributed by atoms with Gasteiger partial charge in [0.15, 0.2) is 11.5 Å². The van der Waals surface area contributed by atoms with E-state index in [1.807, 2.05) is 74.5 Å². The highest BCUT2D eigenvalue weighted by Gasteiger charge is 2.27. The molecule has 0 aliphatic heterocycles. The smallest absolute Gasteiger partial charge is 0.252 e. The third kappa shape index (κ3) is 5.53. The summed E-state index contributed by atoms with van der Waals surface area (Å²) in [4.78, 5) is 17.9. The van der Waals surface area contributed by atoms with Gasteiger partial charge in [-0.05, 0) is 54.3 Å². The van der Waals surface area contributed by atoms with E-state index >= 15 is 0 Å². The minimum Gasteiger partial charge on any atom is -0.492 e. The van der Waals surface area contributed by atoms with E-state index in [4.69, 9.17) is 18.9 Å². The Morgan fingerprint density at radius 3 is 2.03 bits per heavy atom. The van der Waals surface area contributed by atoms with E-state index in [-0.39, 0.29) is 11.9 Å². The van der Waals surface area contributed by atoms with Gasteiger partial charge in [0.2, 0.25) is 11.5 Å². The first kappa shape index (κ1) is 27.5. The number of amides is 1. The molecule has 1 unspecified atom stereocenters. The summed E-state index contributed by atoms with van der Waals surface area (Å²) in [7, 11) is 6.34. The van der Waals surface area contributed by atoms with Gasteiger partial charge in [0, 0.05) is 35.5 Å². The van der Waals surface area contributed by atoms with E-state index in [9.17, 15) is 4.79 Å². The molecule has 202 valence electrons. The van der Waals surface area contributed by atoms with E-state index in [1.165, 1.54) is 0 Å². The van der Waals surface area contributed by atoms with Crippen molar-refractivity contribution in [1.82, 2.24) is 10.3 Å². The number of carbonyl (C=O) groups excluding carboxylic acids is 1. The van der Waals surface area contributed by atoms with Crippen LogP contribution in [0.1, 0.15) is 45.6 Å². The molecule has 3 aromatic carbocycles. The third-order valence-electron chi connectivity index (χ3n) is 6.88.